The molecule has 0 atom stereocenters. The quantitative estimate of drug-likeness (QED) is 0.904. The van der Waals surface area contributed by atoms with Crippen LogP contribution in [-0.2, 0) is 14.3 Å². The molecule has 0 radical (unpaired) electrons. The Bertz CT molecular complexity index is 630. The molecule has 2 heterocycles. The molecule has 136 valence electrons. The third kappa shape index (κ3) is 3.79. The van der Waals surface area contributed by atoms with E-state index in [0.717, 1.165) is 18.4 Å². The van der Waals surface area contributed by atoms with E-state index in [1.807, 2.05) is 25.1 Å². The van der Waals surface area contributed by atoms with Gasteiger partial charge in [0.1, 0.15) is 5.75 Å². The maximum absolute atomic E-state index is 12.6. The highest BCUT2D eigenvalue weighted by atomic mass is 16.5. The zero-order valence-electron chi connectivity index (χ0n) is 14.6. The van der Waals surface area contributed by atoms with Crippen LogP contribution in [0.5, 0.6) is 5.75 Å². The van der Waals surface area contributed by atoms with Crippen LogP contribution >= 0.6 is 0 Å². The van der Waals surface area contributed by atoms with Gasteiger partial charge < -0.3 is 19.5 Å². The molecule has 0 aromatic heterocycles. The number of benzene rings is 1. The van der Waals surface area contributed by atoms with E-state index in [1.165, 1.54) is 0 Å². The highest BCUT2D eigenvalue weighted by Crippen LogP contribution is 2.32. The minimum Gasteiger partial charge on any atom is -0.478 e. The van der Waals surface area contributed by atoms with Gasteiger partial charge in [0.15, 0.2) is 0 Å². The molecule has 2 saturated heterocycles. The monoisotopic (exact) mass is 347 g/mol. The maximum atomic E-state index is 12.6. The predicted molar refractivity (Wildman–Crippen MR) is 91.5 cm³/mol. The van der Waals surface area contributed by atoms with Gasteiger partial charge in [-0.05, 0) is 31.4 Å². The number of para-hydroxylation sites is 1. The minimum absolute atomic E-state index is 0.00312. The minimum atomic E-state index is -1.27. The molecule has 6 nitrogen and oxygen atoms in total. The number of amides is 1. The molecule has 2 aliphatic heterocycles. The summed E-state index contributed by atoms with van der Waals surface area (Å²) in [5.41, 5.74) is -0.359. The first kappa shape index (κ1) is 17.7. The Morgan fingerprint density at radius 3 is 2.44 bits per heavy atom. The van der Waals surface area contributed by atoms with Crippen molar-refractivity contribution >= 4 is 11.9 Å². The van der Waals surface area contributed by atoms with Crippen LogP contribution in [0.1, 0.15) is 31.2 Å². The number of hydrogen-bond donors (Lipinski definition) is 1. The molecule has 1 aromatic carbocycles. The van der Waals surface area contributed by atoms with Crippen LogP contribution in [-0.4, -0.2) is 53.8 Å². The first-order valence-corrected chi connectivity index (χ1v) is 8.86. The Balaban J connectivity index is 1.67. The molecule has 0 bridgehead atoms. The lowest BCUT2D eigenvalue weighted by atomic mass is 9.89. The van der Waals surface area contributed by atoms with Crippen molar-refractivity contribution in [2.45, 2.75) is 38.2 Å². The Morgan fingerprint density at radius 1 is 1.20 bits per heavy atom. The molecule has 3 rings (SSSR count). The molecule has 0 spiro atoms. The van der Waals surface area contributed by atoms with Crippen molar-refractivity contribution < 1.29 is 24.2 Å². The molecule has 0 saturated carbocycles. The van der Waals surface area contributed by atoms with Crippen molar-refractivity contribution in [1.29, 1.82) is 0 Å². The molecule has 0 unspecified atom stereocenters. The average molecular weight is 347 g/mol. The number of carbonyl (C=O) groups is 2. The van der Waals surface area contributed by atoms with E-state index < -0.39 is 11.6 Å². The molecular formula is C19H25NO5. The Labute approximate surface area is 147 Å². The summed E-state index contributed by atoms with van der Waals surface area (Å²) >= 11 is 0. The number of aryl methyl sites for hydroxylation is 1. The van der Waals surface area contributed by atoms with Crippen LogP contribution in [0.25, 0.3) is 0 Å². The van der Waals surface area contributed by atoms with Crippen molar-refractivity contribution in [3.63, 3.8) is 0 Å². The van der Waals surface area contributed by atoms with Gasteiger partial charge >= 0.3 is 5.97 Å². The largest absolute Gasteiger partial charge is 0.478 e. The lowest BCUT2D eigenvalue weighted by Gasteiger charge is -2.40. The Morgan fingerprint density at radius 2 is 1.84 bits per heavy atom. The van der Waals surface area contributed by atoms with Crippen LogP contribution in [0, 0.1) is 12.8 Å². The molecule has 2 fully saturated rings. The van der Waals surface area contributed by atoms with E-state index in [2.05, 4.69) is 0 Å². The molecule has 0 aliphatic carbocycles. The summed E-state index contributed by atoms with van der Waals surface area (Å²) in [6.45, 7) is 3.97. The second-order valence-electron chi connectivity index (χ2n) is 6.88. The average Bonchev–Trinajstić information content (AvgIpc) is 2.64. The molecule has 25 heavy (non-hydrogen) atoms. The lowest BCUT2D eigenvalue weighted by Crippen LogP contribution is -2.55. The van der Waals surface area contributed by atoms with Crippen LogP contribution in [0.3, 0.4) is 0 Å². The van der Waals surface area contributed by atoms with Crippen LogP contribution in [0.15, 0.2) is 24.3 Å². The van der Waals surface area contributed by atoms with Gasteiger partial charge in [-0.25, -0.2) is 4.79 Å². The van der Waals surface area contributed by atoms with Gasteiger partial charge in [0.2, 0.25) is 11.5 Å². The number of aliphatic carboxylic acids is 1. The molecule has 1 amide bonds. The van der Waals surface area contributed by atoms with Crippen molar-refractivity contribution in [2.24, 2.45) is 5.92 Å². The fourth-order valence-corrected chi connectivity index (χ4v) is 3.53. The van der Waals surface area contributed by atoms with E-state index in [-0.39, 0.29) is 11.8 Å². The maximum Gasteiger partial charge on any atom is 0.348 e. The molecule has 1 N–H and O–H groups in total. The number of carbonyl (C=O) groups excluding carboxylic acids is 1. The topological polar surface area (TPSA) is 76.1 Å². The highest BCUT2D eigenvalue weighted by Gasteiger charge is 2.45. The first-order valence-electron chi connectivity index (χ1n) is 8.86. The molecule has 2 aliphatic rings. The van der Waals surface area contributed by atoms with Crippen molar-refractivity contribution in [3.05, 3.63) is 29.8 Å². The zero-order chi connectivity index (χ0) is 17.9. The lowest BCUT2D eigenvalue weighted by molar-refractivity contribution is -0.163. The summed E-state index contributed by atoms with van der Waals surface area (Å²) < 4.78 is 11.3. The number of hydrogen-bond acceptors (Lipinski definition) is 4. The number of carboxylic acid groups (broad SMARTS) is 1. The fraction of sp³-hybridized carbons (Fsp3) is 0.579. The van der Waals surface area contributed by atoms with Crippen LogP contribution in [0.4, 0.5) is 0 Å². The van der Waals surface area contributed by atoms with E-state index in [1.54, 1.807) is 11.0 Å². The second kappa shape index (κ2) is 7.44. The zero-order valence-corrected chi connectivity index (χ0v) is 14.6. The van der Waals surface area contributed by atoms with Gasteiger partial charge in [0.25, 0.3) is 0 Å². The highest BCUT2D eigenvalue weighted by molar-refractivity contribution is 5.81. The normalized spacial score (nSPS) is 20.9. The van der Waals surface area contributed by atoms with Crippen LogP contribution in [0.2, 0.25) is 0 Å². The summed E-state index contributed by atoms with van der Waals surface area (Å²) in [7, 11) is 0. The van der Waals surface area contributed by atoms with Crippen molar-refractivity contribution in [1.82, 2.24) is 4.90 Å². The number of nitrogens with zero attached hydrogens (tertiary/aromatic N) is 1. The molecule has 1 aromatic rings. The Kier molecular flexibility index (Phi) is 5.27. The molecular weight excluding hydrogens is 322 g/mol. The summed E-state index contributed by atoms with van der Waals surface area (Å²) in [4.78, 5) is 26.3. The van der Waals surface area contributed by atoms with Gasteiger partial charge in [-0.2, -0.15) is 0 Å². The second-order valence-corrected chi connectivity index (χ2v) is 6.88. The smallest absolute Gasteiger partial charge is 0.348 e. The number of likely N-dealkylation sites (tertiary alicyclic amines) is 1. The van der Waals surface area contributed by atoms with E-state index in [4.69, 9.17) is 9.47 Å². The van der Waals surface area contributed by atoms with E-state index in [0.29, 0.717) is 44.9 Å². The predicted octanol–water partition coefficient (Wildman–Crippen LogP) is 2.25. The number of piperidine rings is 1. The fourth-order valence-electron chi connectivity index (χ4n) is 3.53. The third-order valence-corrected chi connectivity index (χ3v) is 5.24. The van der Waals surface area contributed by atoms with Gasteiger partial charge in [-0.15, -0.1) is 0 Å². The number of ether oxygens (including phenoxy) is 2. The summed E-state index contributed by atoms with van der Waals surface area (Å²) in [6, 6.07) is 7.42. The molecule has 6 heteroatoms. The number of rotatable bonds is 4. The van der Waals surface area contributed by atoms with Gasteiger partial charge in [-0.3, -0.25) is 4.79 Å². The van der Waals surface area contributed by atoms with Crippen LogP contribution < -0.4 is 4.74 Å². The number of carboxylic acids is 1. The van der Waals surface area contributed by atoms with Gasteiger partial charge in [-0.1, -0.05) is 18.2 Å². The summed E-state index contributed by atoms with van der Waals surface area (Å²) in [5, 5.41) is 9.77. The standard InChI is InChI=1S/C19H25NO5/c1-14-4-2-3-5-16(14)25-19(18(22)23)8-10-20(11-9-19)17(21)15-6-12-24-13-7-15/h2-5,15H,6-13H2,1H3,(H,22,23). The van der Waals surface area contributed by atoms with Crippen molar-refractivity contribution in [3.8, 4) is 5.75 Å². The van der Waals surface area contributed by atoms with E-state index in [9.17, 15) is 14.7 Å². The van der Waals surface area contributed by atoms with E-state index >= 15 is 0 Å². The van der Waals surface area contributed by atoms with Gasteiger partial charge in [0, 0.05) is 45.1 Å². The third-order valence-electron chi connectivity index (χ3n) is 5.24. The Hall–Kier alpha value is -2.08. The SMILES string of the molecule is Cc1ccccc1OC1(C(=O)O)CCN(C(=O)C2CCOCC2)CC1. The first-order chi connectivity index (χ1) is 12.0. The summed E-state index contributed by atoms with van der Waals surface area (Å²) in [5.74, 6) is -0.246. The van der Waals surface area contributed by atoms with Gasteiger partial charge in [0.05, 0.1) is 0 Å². The van der Waals surface area contributed by atoms with Crippen molar-refractivity contribution in [2.75, 3.05) is 26.3 Å². The summed E-state index contributed by atoms with van der Waals surface area (Å²) in [6.07, 6.45) is 2.09.